The molecule has 2 aliphatic rings. The predicted molar refractivity (Wildman–Crippen MR) is 84.6 cm³/mol. The molecule has 6 heteroatoms. The van der Waals surface area contributed by atoms with Crippen LogP contribution in [0.15, 0.2) is 4.99 Å². The Morgan fingerprint density at radius 2 is 2.30 bits per heavy atom. The highest BCUT2D eigenvalue weighted by Gasteiger charge is 2.28. The molecule has 0 amide bonds. The molecule has 0 aliphatic carbocycles. The molecule has 1 atom stereocenters. The van der Waals surface area contributed by atoms with Crippen molar-refractivity contribution in [2.45, 2.75) is 31.6 Å². The third kappa shape index (κ3) is 4.82. The minimum atomic E-state index is 0.101. The fourth-order valence-corrected chi connectivity index (χ4v) is 3.56. The molecule has 0 aromatic heterocycles. The van der Waals surface area contributed by atoms with E-state index in [0.717, 1.165) is 31.3 Å². The molecule has 2 saturated heterocycles. The number of thioether (sulfide) groups is 1. The number of ether oxygens (including phenoxy) is 2. The topological polar surface area (TPSA) is 46.1 Å². The summed E-state index contributed by atoms with van der Waals surface area (Å²) in [7, 11) is 0. The van der Waals surface area contributed by atoms with Gasteiger partial charge in [-0.25, -0.2) is 0 Å². The highest BCUT2D eigenvalue weighted by molar-refractivity contribution is 8.00. The van der Waals surface area contributed by atoms with Gasteiger partial charge in [-0.3, -0.25) is 4.99 Å². The third-order valence-corrected chi connectivity index (χ3v) is 4.69. The molecule has 0 spiro atoms. The Morgan fingerprint density at radius 1 is 1.45 bits per heavy atom. The van der Waals surface area contributed by atoms with Crippen molar-refractivity contribution >= 4 is 17.7 Å². The molecule has 0 bridgehead atoms. The van der Waals surface area contributed by atoms with Gasteiger partial charge >= 0.3 is 0 Å². The quantitative estimate of drug-likeness (QED) is 0.627. The Morgan fingerprint density at radius 3 is 2.95 bits per heavy atom. The van der Waals surface area contributed by atoms with Crippen LogP contribution in [0, 0.1) is 0 Å². The number of hydrogen-bond donors (Lipinski definition) is 1. The number of guanidine groups is 1. The maximum absolute atomic E-state index is 5.65. The lowest BCUT2D eigenvalue weighted by molar-refractivity contribution is -0.0833. The molecule has 2 rings (SSSR count). The van der Waals surface area contributed by atoms with E-state index in [1.54, 1.807) is 0 Å². The van der Waals surface area contributed by atoms with Crippen LogP contribution in [-0.4, -0.2) is 73.5 Å². The monoisotopic (exact) mass is 301 g/mol. The highest BCUT2D eigenvalue weighted by atomic mass is 32.2. The molecule has 0 aromatic rings. The van der Waals surface area contributed by atoms with Crippen molar-refractivity contribution in [1.29, 1.82) is 0 Å². The lowest BCUT2D eigenvalue weighted by Crippen LogP contribution is -2.51. The van der Waals surface area contributed by atoms with Crippen LogP contribution in [0.5, 0.6) is 0 Å². The maximum atomic E-state index is 5.65. The van der Waals surface area contributed by atoms with Crippen molar-refractivity contribution in [3.63, 3.8) is 0 Å². The summed E-state index contributed by atoms with van der Waals surface area (Å²) in [6.45, 7) is 12.4. The second-order valence-corrected chi connectivity index (χ2v) is 7.59. The SMILES string of the molecule is CCNC(=NCC1COCCO1)N1CCSC(C)(C)C1. The molecule has 20 heavy (non-hydrogen) atoms. The first-order valence-corrected chi connectivity index (χ1v) is 8.46. The van der Waals surface area contributed by atoms with Crippen molar-refractivity contribution in [2.75, 3.05) is 51.8 Å². The molecule has 2 heterocycles. The molecule has 116 valence electrons. The second-order valence-electron chi connectivity index (χ2n) is 5.79. The van der Waals surface area contributed by atoms with E-state index in [2.05, 4.69) is 31.0 Å². The number of nitrogens with zero attached hydrogens (tertiary/aromatic N) is 2. The normalized spacial score (nSPS) is 27.4. The molecule has 5 nitrogen and oxygen atoms in total. The van der Waals surface area contributed by atoms with Crippen molar-refractivity contribution in [1.82, 2.24) is 10.2 Å². The molecular weight excluding hydrogens is 274 g/mol. The van der Waals surface area contributed by atoms with Gasteiger partial charge in [0.15, 0.2) is 5.96 Å². The zero-order valence-corrected chi connectivity index (χ0v) is 13.7. The lowest BCUT2D eigenvalue weighted by atomic mass is 10.2. The van der Waals surface area contributed by atoms with Crippen LogP contribution in [0.3, 0.4) is 0 Å². The van der Waals surface area contributed by atoms with Crippen LogP contribution in [0.1, 0.15) is 20.8 Å². The third-order valence-electron chi connectivity index (χ3n) is 3.39. The van der Waals surface area contributed by atoms with E-state index in [1.807, 2.05) is 11.8 Å². The van der Waals surface area contributed by atoms with Gasteiger partial charge in [0, 0.05) is 30.1 Å². The molecule has 2 fully saturated rings. The van der Waals surface area contributed by atoms with Gasteiger partial charge in [-0.2, -0.15) is 11.8 Å². The van der Waals surface area contributed by atoms with Crippen LogP contribution in [0.4, 0.5) is 0 Å². The Balaban J connectivity index is 1.94. The molecule has 0 saturated carbocycles. The largest absolute Gasteiger partial charge is 0.376 e. The van der Waals surface area contributed by atoms with Gasteiger partial charge < -0.3 is 19.7 Å². The van der Waals surface area contributed by atoms with Crippen LogP contribution in [-0.2, 0) is 9.47 Å². The van der Waals surface area contributed by atoms with Gasteiger partial charge in [0.05, 0.1) is 26.4 Å². The summed E-state index contributed by atoms with van der Waals surface area (Å²) < 4.78 is 11.4. The number of nitrogens with one attached hydrogen (secondary N) is 1. The van der Waals surface area contributed by atoms with E-state index < -0.39 is 0 Å². The molecule has 0 aromatic carbocycles. The summed E-state index contributed by atoms with van der Waals surface area (Å²) in [5.74, 6) is 2.16. The summed E-state index contributed by atoms with van der Waals surface area (Å²) >= 11 is 2.04. The first-order chi connectivity index (χ1) is 9.61. The zero-order chi connectivity index (χ0) is 14.4. The average Bonchev–Trinajstić information content (AvgIpc) is 2.43. The Bertz CT molecular complexity index is 330. The summed E-state index contributed by atoms with van der Waals surface area (Å²) in [4.78, 5) is 7.11. The van der Waals surface area contributed by atoms with Gasteiger partial charge in [-0.1, -0.05) is 0 Å². The Labute approximate surface area is 126 Å². The minimum Gasteiger partial charge on any atom is -0.376 e. The number of rotatable bonds is 3. The van der Waals surface area contributed by atoms with E-state index in [4.69, 9.17) is 14.5 Å². The minimum absolute atomic E-state index is 0.101. The molecule has 1 unspecified atom stereocenters. The van der Waals surface area contributed by atoms with E-state index in [-0.39, 0.29) is 6.10 Å². The maximum Gasteiger partial charge on any atom is 0.194 e. The van der Waals surface area contributed by atoms with Crippen LogP contribution in [0.2, 0.25) is 0 Å². The predicted octanol–water partition coefficient (Wildman–Crippen LogP) is 1.19. The van der Waals surface area contributed by atoms with Crippen LogP contribution >= 0.6 is 11.8 Å². The summed E-state index contributed by atoms with van der Waals surface area (Å²) in [5, 5.41) is 3.40. The summed E-state index contributed by atoms with van der Waals surface area (Å²) in [6.07, 6.45) is 0.101. The highest BCUT2D eigenvalue weighted by Crippen LogP contribution is 2.29. The molecule has 0 radical (unpaired) electrons. The van der Waals surface area contributed by atoms with Gasteiger partial charge in [0.2, 0.25) is 0 Å². The standard InChI is InChI=1S/C14H27N3O2S/c1-4-15-13(16-9-12-10-18-6-7-19-12)17-5-8-20-14(2,3)11-17/h12H,4-11H2,1-3H3,(H,15,16). The first kappa shape index (κ1) is 15.9. The first-order valence-electron chi connectivity index (χ1n) is 7.47. The van der Waals surface area contributed by atoms with Gasteiger partial charge in [0.25, 0.3) is 0 Å². The smallest absolute Gasteiger partial charge is 0.194 e. The fraction of sp³-hybridized carbons (Fsp3) is 0.929. The van der Waals surface area contributed by atoms with Crippen LogP contribution in [0.25, 0.3) is 0 Å². The van der Waals surface area contributed by atoms with Crippen LogP contribution < -0.4 is 5.32 Å². The number of aliphatic imine (C=N–C) groups is 1. The van der Waals surface area contributed by atoms with Crippen molar-refractivity contribution in [3.05, 3.63) is 0 Å². The van der Waals surface area contributed by atoms with E-state index in [0.29, 0.717) is 31.1 Å². The molecular formula is C14H27N3O2S. The summed E-state index contributed by atoms with van der Waals surface area (Å²) in [5.41, 5.74) is 0. The van der Waals surface area contributed by atoms with Crippen molar-refractivity contribution in [3.8, 4) is 0 Å². The van der Waals surface area contributed by atoms with E-state index in [1.165, 1.54) is 0 Å². The lowest BCUT2D eigenvalue weighted by Gasteiger charge is -2.39. The van der Waals surface area contributed by atoms with Gasteiger partial charge in [0.1, 0.15) is 6.10 Å². The fourth-order valence-electron chi connectivity index (χ4n) is 2.45. The zero-order valence-electron chi connectivity index (χ0n) is 12.9. The van der Waals surface area contributed by atoms with Crippen molar-refractivity contribution in [2.24, 2.45) is 4.99 Å². The Kier molecular flexibility index (Phi) is 5.99. The van der Waals surface area contributed by atoms with Gasteiger partial charge in [-0.05, 0) is 20.8 Å². The van der Waals surface area contributed by atoms with Crippen molar-refractivity contribution < 1.29 is 9.47 Å². The average molecular weight is 301 g/mol. The second kappa shape index (κ2) is 7.52. The van der Waals surface area contributed by atoms with E-state index in [9.17, 15) is 0 Å². The molecule has 1 N–H and O–H groups in total. The van der Waals surface area contributed by atoms with Gasteiger partial charge in [-0.15, -0.1) is 0 Å². The Hall–Kier alpha value is -0.460. The summed E-state index contributed by atoms with van der Waals surface area (Å²) in [6, 6.07) is 0. The number of hydrogen-bond acceptors (Lipinski definition) is 4. The van der Waals surface area contributed by atoms with E-state index >= 15 is 0 Å². The molecule has 2 aliphatic heterocycles.